The van der Waals surface area contributed by atoms with Gasteiger partial charge in [-0.1, -0.05) is 39.0 Å². The van der Waals surface area contributed by atoms with Crippen LogP contribution in [0.3, 0.4) is 0 Å². The van der Waals surface area contributed by atoms with Gasteiger partial charge in [0.25, 0.3) is 5.91 Å². The topological polar surface area (TPSA) is 121 Å². The quantitative estimate of drug-likeness (QED) is 0.291. The summed E-state index contributed by atoms with van der Waals surface area (Å²) < 4.78 is 16.5. The summed E-state index contributed by atoms with van der Waals surface area (Å²) in [6.07, 6.45) is 1.47. The summed E-state index contributed by atoms with van der Waals surface area (Å²) in [6, 6.07) is 15.9. The van der Waals surface area contributed by atoms with Crippen LogP contribution in [-0.2, 0) is 12.0 Å². The molecule has 38 heavy (non-hydrogen) atoms. The number of rotatable bonds is 6. The minimum Gasteiger partial charge on any atom is -0.392 e. The molecule has 0 aliphatic carbocycles. The van der Waals surface area contributed by atoms with Crippen molar-refractivity contribution in [3.05, 3.63) is 89.6 Å². The second-order valence-electron chi connectivity index (χ2n) is 9.69. The maximum atomic E-state index is 15.0. The first kappa shape index (κ1) is 26.5. The van der Waals surface area contributed by atoms with Gasteiger partial charge in [0.15, 0.2) is 0 Å². The zero-order valence-electron chi connectivity index (χ0n) is 21.5. The summed E-state index contributed by atoms with van der Waals surface area (Å²) in [4.78, 5) is 28.8. The lowest BCUT2D eigenvalue weighted by Crippen LogP contribution is -2.22. The molecule has 0 aliphatic rings. The molecule has 0 radical (unpaired) electrons. The first-order valence-corrected chi connectivity index (χ1v) is 12.0. The smallest absolute Gasteiger partial charge is 0.324 e. The van der Waals surface area contributed by atoms with Gasteiger partial charge in [-0.15, -0.1) is 0 Å². The van der Waals surface area contributed by atoms with Crippen LogP contribution in [0.25, 0.3) is 16.8 Å². The van der Waals surface area contributed by atoms with Crippen LogP contribution >= 0.6 is 0 Å². The van der Waals surface area contributed by atoms with E-state index < -0.39 is 11.8 Å². The van der Waals surface area contributed by atoms with Gasteiger partial charge in [-0.05, 0) is 53.1 Å². The van der Waals surface area contributed by atoms with Crippen LogP contribution in [0, 0.1) is 5.82 Å². The van der Waals surface area contributed by atoms with Crippen molar-refractivity contribution in [2.24, 2.45) is 0 Å². The van der Waals surface area contributed by atoms with Gasteiger partial charge in [-0.3, -0.25) is 15.1 Å². The van der Waals surface area contributed by atoms with E-state index >= 15 is 0 Å². The molecule has 0 saturated carbocycles. The number of aliphatic hydroxyl groups excluding tert-OH is 1. The Balaban J connectivity index is 1.57. The second kappa shape index (κ2) is 10.8. The number of hydrogen-bond acceptors (Lipinski definition) is 5. The van der Waals surface area contributed by atoms with E-state index in [9.17, 15) is 19.1 Å². The van der Waals surface area contributed by atoms with E-state index in [2.05, 4.69) is 26.0 Å². The third-order valence-corrected chi connectivity index (χ3v) is 5.83. The predicted molar refractivity (Wildman–Crippen MR) is 144 cm³/mol. The van der Waals surface area contributed by atoms with Gasteiger partial charge in [0.2, 0.25) is 0 Å². The van der Waals surface area contributed by atoms with E-state index in [-0.39, 0.29) is 29.3 Å². The molecule has 0 atom stereocenters. The van der Waals surface area contributed by atoms with E-state index in [0.717, 1.165) is 5.69 Å². The van der Waals surface area contributed by atoms with E-state index in [1.165, 1.54) is 25.4 Å². The Labute approximate surface area is 219 Å². The second-order valence-corrected chi connectivity index (χ2v) is 9.69. The molecule has 4 rings (SSSR count). The molecule has 10 heteroatoms. The summed E-state index contributed by atoms with van der Waals surface area (Å²) >= 11 is 0. The molecule has 0 fully saturated rings. The van der Waals surface area contributed by atoms with Crippen molar-refractivity contribution in [2.75, 3.05) is 17.7 Å². The molecule has 2 aromatic heterocycles. The molecule has 0 saturated heterocycles. The first-order chi connectivity index (χ1) is 18.1. The molecule has 0 bridgehead atoms. The van der Waals surface area contributed by atoms with Crippen LogP contribution in [-0.4, -0.2) is 38.9 Å². The highest BCUT2D eigenvalue weighted by molar-refractivity contribution is 5.99. The van der Waals surface area contributed by atoms with Crippen molar-refractivity contribution in [1.82, 2.24) is 20.1 Å². The number of amides is 3. The van der Waals surface area contributed by atoms with Gasteiger partial charge in [0.05, 0.1) is 23.7 Å². The Kier molecular flexibility index (Phi) is 7.54. The van der Waals surface area contributed by atoms with Gasteiger partial charge >= 0.3 is 6.03 Å². The van der Waals surface area contributed by atoms with Crippen LogP contribution in [0.1, 0.15) is 42.5 Å². The maximum absolute atomic E-state index is 15.0. The van der Waals surface area contributed by atoms with Crippen molar-refractivity contribution >= 4 is 23.4 Å². The molecule has 2 heterocycles. The van der Waals surface area contributed by atoms with Gasteiger partial charge in [0, 0.05) is 24.7 Å². The number of anilines is 2. The average Bonchev–Trinajstić information content (AvgIpc) is 3.33. The molecule has 0 spiro atoms. The van der Waals surface area contributed by atoms with Crippen molar-refractivity contribution < 1.29 is 19.1 Å². The highest BCUT2D eigenvalue weighted by atomic mass is 19.1. The van der Waals surface area contributed by atoms with Crippen LogP contribution in [0.5, 0.6) is 0 Å². The molecule has 9 nitrogen and oxygen atoms in total. The van der Waals surface area contributed by atoms with Gasteiger partial charge in [-0.25, -0.2) is 13.9 Å². The van der Waals surface area contributed by atoms with Crippen molar-refractivity contribution in [3.63, 3.8) is 0 Å². The number of halogens is 1. The summed E-state index contributed by atoms with van der Waals surface area (Å²) in [5.74, 6) is -0.604. The average molecular weight is 517 g/mol. The molecule has 4 N–H and O–H groups in total. The number of carbonyl (C=O) groups excluding carboxylic acids is 2. The molecule has 0 aliphatic heterocycles. The van der Waals surface area contributed by atoms with E-state index in [4.69, 9.17) is 0 Å². The SMILES string of the molecule is CNC(=O)c1cc(-c2ccc(NC(=O)Nc3cc(C(C)(C)C)nn3-c3cccc(CO)c3)c(F)c2)ccn1. The Morgan fingerprint density at radius 2 is 1.76 bits per heavy atom. The third kappa shape index (κ3) is 5.87. The molecular formula is C28H29FN6O3. The summed E-state index contributed by atoms with van der Waals surface area (Å²) in [5, 5.41) is 22.0. The number of hydrogen-bond donors (Lipinski definition) is 4. The zero-order valence-corrected chi connectivity index (χ0v) is 21.5. The number of nitrogens with one attached hydrogen (secondary N) is 3. The Hall–Kier alpha value is -4.57. The minimum absolute atomic E-state index is 0.0174. The highest BCUT2D eigenvalue weighted by Gasteiger charge is 2.22. The normalized spacial score (nSPS) is 11.2. The standard InChI is InChI=1S/C28H29FN6O3/c1-28(2,3)24-15-25(35(34-24)20-7-5-6-17(12-20)16-36)33-27(38)32-22-9-8-18(13-21(22)29)19-10-11-31-23(14-19)26(37)30-4/h5-15,36H,16H2,1-4H3,(H,30,37)(H2,32,33,38). The fraction of sp³-hybridized carbons (Fsp3) is 0.214. The molecule has 196 valence electrons. The summed E-state index contributed by atoms with van der Waals surface area (Å²) in [5.41, 5.74) is 3.13. The first-order valence-electron chi connectivity index (χ1n) is 12.0. The number of nitrogens with zero attached hydrogens (tertiary/aromatic N) is 3. The predicted octanol–water partition coefficient (Wildman–Crippen LogP) is 4.87. The van der Waals surface area contributed by atoms with E-state index in [1.807, 2.05) is 26.8 Å². The molecule has 4 aromatic rings. The Morgan fingerprint density at radius 3 is 2.45 bits per heavy atom. The summed E-state index contributed by atoms with van der Waals surface area (Å²) in [7, 11) is 1.50. The molecule has 3 amide bonds. The molecule has 0 unspecified atom stereocenters. The maximum Gasteiger partial charge on any atom is 0.324 e. The number of carbonyl (C=O) groups is 2. The summed E-state index contributed by atoms with van der Waals surface area (Å²) in [6.45, 7) is 5.88. The van der Waals surface area contributed by atoms with Gasteiger partial charge < -0.3 is 15.7 Å². The number of benzene rings is 2. The number of aromatic nitrogens is 3. The highest BCUT2D eigenvalue weighted by Crippen LogP contribution is 2.28. The third-order valence-electron chi connectivity index (χ3n) is 5.83. The van der Waals surface area contributed by atoms with Crippen LogP contribution in [0.15, 0.2) is 66.9 Å². The van der Waals surface area contributed by atoms with Crippen molar-refractivity contribution in [1.29, 1.82) is 0 Å². The molecular weight excluding hydrogens is 487 g/mol. The number of pyridine rings is 1. The zero-order chi connectivity index (χ0) is 27.4. The number of urea groups is 1. The van der Waals surface area contributed by atoms with Crippen LogP contribution in [0.2, 0.25) is 0 Å². The van der Waals surface area contributed by atoms with Crippen LogP contribution in [0.4, 0.5) is 20.7 Å². The van der Waals surface area contributed by atoms with Crippen LogP contribution < -0.4 is 16.0 Å². The Bertz CT molecular complexity index is 1490. The minimum atomic E-state index is -0.651. The fourth-order valence-corrected chi connectivity index (χ4v) is 3.75. The lowest BCUT2D eigenvalue weighted by Gasteiger charge is -2.14. The van der Waals surface area contributed by atoms with Gasteiger partial charge in [-0.2, -0.15) is 5.10 Å². The van der Waals surface area contributed by atoms with Gasteiger partial charge in [0.1, 0.15) is 17.3 Å². The lowest BCUT2D eigenvalue weighted by molar-refractivity contribution is 0.0958. The van der Waals surface area contributed by atoms with E-state index in [1.54, 1.807) is 47.1 Å². The molecule has 2 aromatic carbocycles. The van der Waals surface area contributed by atoms with Crippen molar-refractivity contribution in [2.45, 2.75) is 32.8 Å². The number of aliphatic hydroxyl groups is 1. The van der Waals surface area contributed by atoms with Crippen molar-refractivity contribution in [3.8, 4) is 16.8 Å². The lowest BCUT2D eigenvalue weighted by atomic mass is 9.92. The largest absolute Gasteiger partial charge is 0.392 e. The Morgan fingerprint density at radius 1 is 1.00 bits per heavy atom. The monoisotopic (exact) mass is 516 g/mol. The fourth-order valence-electron chi connectivity index (χ4n) is 3.75. The van der Waals surface area contributed by atoms with E-state index in [0.29, 0.717) is 28.2 Å².